The molecule has 1 atom stereocenters. The van der Waals surface area contributed by atoms with E-state index in [1.807, 2.05) is 0 Å². The largest absolute Gasteiger partial charge is 0.377 e. The van der Waals surface area contributed by atoms with Crippen LogP contribution in [0, 0.1) is 0 Å². The minimum Gasteiger partial charge on any atom is -0.377 e. The predicted octanol–water partition coefficient (Wildman–Crippen LogP) is 1.13. The van der Waals surface area contributed by atoms with Crippen molar-refractivity contribution in [2.24, 2.45) is 0 Å². The summed E-state index contributed by atoms with van der Waals surface area (Å²) in [7, 11) is 0. The SMILES string of the molecule is CC(C)N1CCN(C(C)(C)C)CC1O. The fourth-order valence-electron chi connectivity index (χ4n) is 1.99. The zero-order valence-corrected chi connectivity index (χ0v) is 10.1. The molecule has 0 saturated carbocycles. The number of hydrogen-bond donors (Lipinski definition) is 1. The highest BCUT2D eigenvalue weighted by Crippen LogP contribution is 2.19. The first-order valence-electron chi connectivity index (χ1n) is 5.51. The summed E-state index contributed by atoms with van der Waals surface area (Å²) in [4.78, 5) is 4.50. The van der Waals surface area contributed by atoms with Crippen molar-refractivity contribution in [1.82, 2.24) is 9.80 Å². The van der Waals surface area contributed by atoms with Crippen LogP contribution in [0.3, 0.4) is 0 Å². The lowest BCUT2D eigenvalue weighted by Crippen LogP contribution is -2.59. The summed E-state index contributed by atoms with van der Waals surface area (Å²) in [6, 6.07) is 0.437. The quantitative estimate of drug-likeness (QED) is 0.687. The molecule has 1 heterocycles. The van der Waals surface area contributed by atoms with Crippen LogP contribution in [-0.4, -0.2) is 52.3 Å². The Kier molecular flexibility index (Phi) is 3.56. The van der Waals surface area contributed by atoms with E-state index in [-0.39, 0.29) is 11.8 Å². The molecule has 1 aliphatic rings. The third kappa shape index (κ3) is 2.69. The van der Waals surface area contributed by atoms with Crippen LogP contribution in [0.5, 0.6) is 0 Å². The lowest BCUT2D eigenvalue weighted by Gasteiger charge is -2.46. The smallest absolute Gasteiger partial charge is 0.120 e. The maximum absolute atomic E-state index is 9.96. The third-order valence-corrected chi connectivity index (χ3v) is 3.01. The van der Waals surface area contributed by atoms with Gasteiger partial charge in [-0.25, -0.2) is 0 Å². The summed E-state index contributed by atoms with van der Waals surface area (Å²) >= 11 is 0. The summed E-state index contributed by atoms with van der Waals surface area (Å²) in [5.74, 6) is 0. The molecule has 0 spiro atoms. The second-order valence-corrected chi connectivity index (χ2v) is 5.43. The van der Waals surface area contributed by atoms with Crippen molar-refractivity contribution in [3.8, 4) is 0 Å². The van der Waals surface area contributed by atoms with Crippen molar-refractivity contribution in [1.29, 1.82) is 0 Å². The van der Waals surface area contributed by atoms with E-state index in [9.17, 15) is 5.11 Å². The minimum atomic E-state index is -0.303. The van der Waals surface area contributed by atoms with Crippen molar-refractivity contribution in [3.63, 3.8) is 0 Å². The van der Waals surface area contributed by atoms with Gasteiger partial charge < -0.3 is 5.11 Å². The lowest BCUT2D eigenvalue weighted by atomic mass is 10.0. The first kappa shape index (κ1) is 12.0. The molecule has 1 N–H and O–H groups in total. The van der Waals surface area contributed by atoms with Gasteiger partial charge in [0.15, 0.2) is 0 Å². The summed E-state index contributed by atoms with van der Waals surface area (Å²) in [5.41, 5.74) is 0.171. The Morgan fingerprint density at radius 3 is 2.14 bits per heavy atom. The maximum Gasteiger partial charge on any atom is 0.120 e. The van der Waals surface area contributed by atoms with Crippen LogP contribution in [0.25, 0.3) is 0 Å². The minimum absolute atomic E-state index is 0.171. The van der Waals surface area contributed by atoms with Crippen LogP contribution in [0.1, 0.15) is 34.6 Å². The molecule has 0 aromatic carbocycles. The van der Waals surface area contributed by atoms with Gasteiger partial charge in [0.25, 0.3) is 0 Å². The van der Waals surface area contributed by atoms with Crippen molar-refractivity contribution in [2.45, 2.75) is 52.4 Å². The zero-order chi connectivity index (χ0) is 10.9. The van der Waals surface area contributed by atoms with E-state index in [1.165, 1.54) is 0 Å². The highest BCUT2D eigenvalue weighted by molar-refractivity contribution is 4.84. The Bertz CT molecular complexity index is 186. The molecule has 0 aromatic rings. The standard InChI is InChI=1S/C11H24N2O/c1-9(2)13-7-6-12(8-10(13)14)11(3,4)5/h9-10,14H,6-8H2,1-5H3. The van der Waals surface area contributed by atoms with Gasteiger partial charge in [0, 0.05) is 31.2 Å². The van der Waals surface area contributed by atoms with E-state index in [2.05, 4.69) is 44.4 Å². The molecule has 0 amide bonds. The number of aliphatic hydroxyl groups is 1. The number of rotatable bonds is 1. The number of nitrogens with zero attached hydrogens (tertiary/aromatic N) is 2. The zero-order valence-electron chi connectivity index (χ0n) is 10.1. The lowest BCUT2D eigenvalue weighted by molar-refractivity contribution is -0.0913. The Morgan fingerprint density at radius 2 is 1.79 bits per heavy atom. The molecule has 0 radical (unpaired) electrons. The van der Waals surface area contributed by atoms with Gasteiger partial charge >= 0.3 is 0 Å². The Hall–Kier alpha value is -0.120. The molecule has 0 aliphatic carbocycles. The molecule has 0 aromatic heterocycles. The Labute approximate surface area is 87.7 Å². The van der Waals surface area contributed by atoms with Gasteiger partial charge in [0.05, 0.1) is 0 Å². The molecule has 1 saturated heterocycles. The van der Waals surface area contributed by atoms with Crippen LogP contribution in [0.15, 0.2) is 0 Å². The van der Waals surface area contributed by atoms with Gasteiger partial charge in [0.1, 0.15) is 6.23 Å². The van der Waals surface area contributed by atoms with Gasteiger partial charge in [-0.1, -0.05) is 0 Å². The van der Waals surface area contributed by atoms with Crippen LogP contribution < -0.4 is 0 Å². The summed E-state index contributed by atoms with van der Waals surface area (Å²) in [5, 5.41) is 9.96. The molecule has 84 valence electrons. The predicted molar refractivity (Wildman–Crippen MR) is 59.2 cm³/mol. The first-order valence-corrected chi connectivity index (χ1v) is 5.51. The van der Waals surface area contributed by atoms with E-state index in [0.717, 1.165) is 19.6 Å². The van der Waals surface area contributed by atoms with E-state index in [1.54, 1.807) is 0 Å². The first-order chi connectivity index (χ1) is 6.32. The fourth-order valence-corrected chi connectivity index (χ4v) is 1.99. The van der Waals surface area contributed by atoms with Crippen LogP contribution in [0.4, 0.5) is 0 Å². The number of hydrogen-bond acceptors (Lipinski definition) is 3. The van der Waals surface area contributed by atoms with Crippen molar-refractivity contribution < 1.29 is 5.11 Å². The average Bonchev–Trinajstić information content (AvgIpc) is 2.01. The summed E-state index contributed by atoms with van der Waals surface area (Å²) in [6.07, 6.45) is -0.303. The second kappa shape index (κ2) is 4.17. The van der Waals surface area contributed by atoms with E-state index in [4.69, 9.17) is 0 Å². The van der Waals surface area contributed by atoms with Crippen molar-refractivity contribution >= 4 is 0 Å². The van der Waals surface area contributed by atoms with Gasteiger partial charge in [-0.05, 0) is 34.6 Å². The highest BCUT2D eigenvalue weighted by atomic mass is 16.3. The summed E-state index contributed by atoms with van der Waals surface area (Å²) in [6.45, 7) is 13.7. The monoisotopic (exact) mass is 200 g/mol. The maximum atomic E-state index is 9.96. The average molecular weight is 200 g/mol. The van der Waals surface area contributed by atoms with Crippen LogP contribution in [0.2, 0.25) is 0 Å². The van der Waals surface area contributed by atoms with Crippen LogP contribution in [-0.2, 0) is 0 Å². The van der Waals surface area contributed by atoms with Crippen molar-refractivity contribution in [2.75, 3.05) is 19.6 Å². The van der Waals surface area contributed by atoms with E-state index >= 15 is 0 Å². The molecular weight excluding hydrogens is 176 g/mol. The number of β-amino-alcohol motifs (C(OH)–C–C–N with tert-alkyl or cyclic N) is 1. The number of piperazine rings is 1. The molecule has 0 bridgehead atoms. The topological polar surface area (TPSA) is 26.7 Å². The second-order valence-electron chi connectivity index (χ2n) is 5.43. The third-order valence-electron chi connectivity index (χ3n) is 3.01. The molecule has 1 rings (SSSR count). The fraction of sp³-hybridized carbons (Fsp3) is 1.00. The van der Waals surface area contributed by atoms with E-state index < -0.39 is 0 Å². The molecule has 14 heavy (non-hydrogen) atoms. The Morgan fingerprint density at radius 1 is 1.21 bits per heavy atom. The van der Waals surface area contributed by atoms with Crippen molar-refractivity contribution in [3.05, 3.63) is 0 Å². The Balaban J connectivity index is 2.55. The van der Waals surface area contributed by atoms with Gasteiger partial charge in [0.2, 0.25) is 0 Å². The normalized spacial score (nSPS) is 27.2. The highest BCUT2D eigenvalue weighted by Gasteiger charge is 2.31. The van der Waals surface area contributed by atoms with Gasteiger partial charge in [-0.2, -0.15) is 0 Å². The molecular formula is C11H24N2O. The number of aliphatic hydroxyl groups excluding tert-OH is 1. The molecule has 3 heteroatoms. The van der Waals surface area contributed by atoms with Gasteiger partial charge in [-0.3, -0.25) is 9.80 Å². The van der Waals surface area contributed by atoms with Crippen LogP contribution >= 0.6 is 0 Å². The van der Waals surface area contributed by atoms with Gasteiger partial charge in [-0.15, -0.1) is 0 Å². The summed E-state index contributed by atoms with van der Waals surface area (Å²) < 4.78 is 0. The van der Waals surface area contributed by atoms with E-state index in [0.29, 0.717) is 6.04 Å². The molecule has 1 unspecified atom stereocenters. The molecule has 1 fully saturated rings. The molecule has 3 nitrogen and oxygen atoms in total. The molecule has 1 aliphatic heterocycles.